The molecule has 0 amide bonds. The first-order valence-electron chi connectivity index (χ1n) is 7.24. The van der Waals surface area contributed by atoms with Crippen molar-refractivity contribution in [1.82, 2.24) is 10.2 Å². The van der Waals surface area contributed by atoms with Crippen LogP contribution in [0.4, 0.5) is 5.69 Å². The normalized spacial score (nSPS) is 26.2. The number of fused-ring (bicyclic) bond motifs is 3. The molecule has 2 bridgehead atoms. The van der Waals surface area contributed by atoms with Crippen LogP contribution in [0.1, 0.15) is 18.4 Å². The maximum Gasteiger partial charge on any atom is 0.131 e. The van der Waals surface area contributed by atoms with Crippen LogP contribution in [0.2, 0.25) is 5.02 Å². The fourth-order valence-corrected chi connectivity index (χ4v) is 3.76. The molecule has 1 aromatic carbocycles. The monoisotopic (exact) mass is 361 g/mol. The summed E-state index contributed by atoms with van der Waals surface area (Å²) in [6, 6.07) is 3.93. The van der Waals surface area contributed by atoms with Gasteiger partial charge in [-0.05, 0) is 37.9 Å². The zero-order valence-electron chi connectivity index (χ0n) is 12.5. The first kappa shape index (κ1) is 17.6. The van der Waals surface area contributed by atoms with Crippen LogP contribution in [0.15, 0.2) is 12.1 Å². The van der Waals surface area contributed by atoms with Gasteiger partial charge in [0.15, 0.2) is 0 Å². The summed E-state index contributed by atoms with van der Waals surface area (Å²) in [6.45, 7) is 3.50. The van der Waals surface area contributed by atoms with E-state index in [1.54, 1.807) is 19.2 Å². The molecule has 3 aliphatic heterocycles. The van der Waals surface area contributed by atoms with E-state index in [1.807, 2.05) is 0 Å². The molecule has 122 valence electrons. The van der Waals surface area contributed by atoms with E-state index < -0.39 is 0 Å². The molecule has 4 rings (SSSR count). The Kier molecular flexibility index (Phi) is 5.77. The highest BCUT2D eigenvalue weighted by Gasteiger charge is 2.34. The van der Waals surface area contributed by atoms with E-state index in [0.717, 1.165) is 12.1 Å². The molecule has 3 N–H and O–H groups in total. The summed E-state index contributed by atoms with van der Waals surface area (Å²) < 4.78 is 5.38. The second-order valence-electron chi connectivity index (χ2n) is 5.79. The van der Waals surface area contributed by atoms with E-state index in [0.29, 0.717) is 33.4 Å². The van der Waals surface area contributed by atoms with Gasteiger partial charge in [0.25, 0.3) is 0 Å². The number of nitrogens with zero attached hydrogens (tertiary/aromatic N) is 1. The van der Waals surface area contributed by atoms with Crippen LogP contribution in [0.5, 0.6) is 5.75 Å². The fraction of sp³-hybridized carbons (Fsp3) is 0.533. The summed E-state index contributed by atoms with van der Waals surface area (Å²) in [7, 11) is 1.61. The first-order chi connectivity index (χ1) is 10.1. The van der Waals surface area contributed by atoms with Gasteiger partial charge in [-0.15, -0.1) is 12.4 Å². The van der Waals surface area contributed by atoms with Crippen molar-refractivity contribution in [3.63, 3.8) is 0 Å². The molecule has 4 nitrogen and oxygen atoms in total. The molecular weight excluding hydrogens is 341 g/mol. The van der Waals surface area contributed by atoms with E-state index in [4.69, 9.17) is 34.3 Å². The number of halogens is 2. The number of thiocarbonyl (C=S) groups is 1. The number of anilines is 1. The number of nitrogens with one attached hydrogen (secondary N) is 1. The zero-order chi connectivity index (χ0) is 15.0. The third kappa shape index (κ3) is 3.43. The molecule has 7 heteroatoms. The topological polar surface area (TPSA) is 50.5 Å². The van der Waals surface area contributed by atoms with Crippen molar-refractivity contribution >= 4 is 46.9 Å². The Labute approximate surface area is 147 Å². The van der Waals surface area contributed by atoms with Crippen LogP contribution in [-0.4, -0.2) is 42.7 Å². The maximum atomic E-state index is 6.12. The van der Waals surface area contributed by atoms with Crippen LogP contribution in [-0.2, 0) is 0 Å². The highest BCUT2D eigenvalue weighted by molar-refractivity contribution is 7.80. The predicted molar refractivity (Wildman–Crippen MR) is 97.5 cm³/mol. The molecule has 0 radical (unpaired) electrons. The minimum Gasteiger partial charge on any atom is -0.496 e. The molecule has 1 aromatic rings. The smallest absolute Gasteiger partial charge is 0.131 e. The number of ether oxygens (including phenoxy) is 1. The summed E-state index contributed by atoms with van der Waals surface area (Å²) in [6.07, 6.45) is 2.50. The number of methoxy groups -OCH3 is 1. The van der Waals surface area contributed by atoms with Gasteiger partial charge in [-0.2, -0.15) is 0 Å². The summed E-state index contributed by atoms with van der Waals surface area (Å²) in [5.74, 6) is 1.37. The average molecular weight is 362 g/mol. The summed E-state index contributed by atoms with van der Waals surface area (Å²) in [5.41, 5.74) is 7.13. The van der Waals surface area contributed by atoms with Crippen LogP contribution in [0, 0.1) is 5.92 Å². The van der Waals surface area contributed by atoms with Crippen molar-refractivity contribution in [2.45, 2.75) is 18.9 Å². The lowest BCUT2D eigenvalue weighted by molar-refractivity contribution is 0.0816. The Morgan fingerprint density at radius 2 is 2.09 bits per heavy atom. The summed E-state index contributed by atoms with van der Waals surface area (Å²) in [5, 5.41) is 4.00. The van der Waals surface area contributed by atoms with Crippen molar-refractivity contribution in [2.75, 3.05) is 32.5 Å². The lowest BCUT2D eigenvalue weighted by Crippen LogP contribution is -2.57. The zero-order valence-corrected chi connectivity index (χ0v) is 14.9. The summed E-state index contributed by atoms with van der Waals surface area (Å²) >= 11 is 11.7. The maximum absolute atomic E-state index is 6.12. The highest BCUT2D eigenvalue weighted by Crippen LogP contribution is 2.31. The molecule has 22 heavy (non-hydrogen) atoms. The third-order valence-corrected chi connectivity index (χ3v) is 5.20. The van der Waals surface area contributed by atoms with E-state index in [2.05, 4.69) is 10.2 Å². The van der Waals surface area contributed by atoms with Crippen LogP contribution < -0.4 is 15.8 Å². The molecular formula is C15H21Cl2N3OS. The number of hydrogen-bond donors (Lipinski definition) is 2. The van der Waals surface area contributed by atoms with Crippen LogP contribution in [0.25, 0.3) is 0 Å². The molecule has 1 atom stereocenters. The molecule has 0 spiro atoms. The van der Waals surface area contributed by atoms with Gasteiger partial charge in [0.05, 0.1) is 23.4 Å². The Balaban J connectivity index is 0.00000176. The Bertz CT molecular complexity index is 562. The number of rotatable bonds is 3. The van der Waals surface area contributed by atoms with Gasteiger partial charge in [-0.3, -0.25) is 0 Å². The van der Waals surface area contributed by atoms with Gasteiger partial charge >= 0.3 is 0 Å². The second kappa shape index (κ2) is 7.21. The second-order valence-corrected chi connectivity index (χ2v) is 6.61. The van der Waals surface area contributed by atoms with Crippen molar-refractivity contribution < 1.29 is 4.74 Å². The Morgan fingerprint density at radius 3 is 2.64 bits per heavy atom. The van der Waals surface area contributed by atoms with Gasteiger partial charge in [0.2, 0.25) is 0 Å². The third-order valence-electron chi connectivity index (χ3n) is 4.54. The lowest BCUT2D eigenvalue weighted by Gasteiger charge is -2.45. The average Bonchev–Trinajstić information content (AvgIpc) is 2.50. The Hall–Kier alpha value is -0.750. The number of nitrogens with two attached hydrogens (primary N) is 1. The van der Waals surface area contributed by atoms with E-state index in [9.17, 15) is 0 Å². The van der Waals surface area contributed by atoms with Crippen molar-refractivity contribution in [3.05, 3.63) is 22.7 Å². The molecule has 0 aliphatic carbocycles. The molecule has 1 unspecified atom stereocenters. The minimum absolute atomic E-state index is 0. The SMILES string of the molecule is COc1cc(N)c(Cl)cc1C(=S)NC1CN2CCC1CC2.Cl. The van der Waals surface area contributed by atoms with Gasteiger partial charge in [0.1, 0.15) is 10.7 Å². The number of piperidine rings is 3. The van der Waals surface area contributed by atoms with E-state index >= 15 is 0 Å². The largest absolute Gasteiger partial charge is 0.496 e. The number of hydrogen-bond acceptors (Lipinski definition) is 4. The van der Waals surface area contributed by atoms with E-state index in [1.165, 1.54) is 25.9 Å². The molecule has 3 aliphatic rings. The van der Waals surface area contributed by atoms with Gasteiger partial charge < -0.3 is 20.7 Å². The van der Waals surface area contributed by atoms with Crippen LogP contribution >= 0.6 is 36.2 Å². The van der Waals surface area contributed by atoms with Crippen molar-refractivity contribution in [2.24, 2.45) is 5.92 Å². The molecule has 0 aromatic heterocycles. The van der Waals surface area contributed by atoms with Crippen molar-refractivity contribution in [3.8, 4) is 5.75 Å². The standard InChI is InChI=1S/C15H20ClN3OS.ClH/c1-20-14-7-12(17)11(16)6-10(14)15(21)18-13-8-19-4-2-9(13)3-5-19;/h6-7,9,13H,2-5,8,17H2,1H3,(H,18,21);1H. The fourth-order valence-electron chi connectivity index (χ4n) is 3.29. The Morgan fingerprint density at radius 1 is 1.41 bits per heavy atom. The van der Waals surface area contributed by atoms with Crippen molar-refractivity contribution in [1.29, 1.82) is 0 Å². The quantitative estimate of drug-likeness (QED) is 0.640. The van der Waals surface area contributed by atoms with Gasteiger partial charge in [-0.1, -0.05) is 23.8 Å². The van der Waals surface area contributed by atoms with Gasteiger partial charge in [0, 0.05) is 18.7 Å². The first-order valence-corrected chi connectivity index (χ1v) is 8.03. The van der Waals surface area contributed by atoms with E-state index in [-0.39, 0.29) is 12.4 Å². The predicted octanol–water partition coefficient (Wildman–Crippen LogP) is 2.71. The molecule has 0 saturated carbocycles. The summed E-state index contributed by atoms with van der Waals surface area (Å²) in [4.78, 5) is 3.18. The molecule has 3 fully saturated rings. The number of benzene rings is 1. The van der Waals surface area contributed by atoms with Crippen LogP contribution in [0.3, 0.4) is 0 Å². The molecule has 3 saturated heterocycles. The molecule has 3 heterocycles. The lowest BCUT2D eigenvalue weighted by atomic mass is 9.84. The van der Waals surface area contributed by atoms with Gasteiger partial charge in [-0.25, -0.2) is 0 Å². The highest BCUT2D eigenvalue weighted by atomic mass is 35.5. The minimum atomic E-state index is 0. The number of nitrogen functional groups attached to an aromatic ring is 1.